The molecular formula is C11H10BrFN4. The van der Waals surface area contributed by atoms with Crippen molar-refractivity contribution in [2.75, 3.05) is 11.1 Å². The van der Waals surface area contributed by atoms with E-state index in [-0.39, 0.29) is 11.8 Å². The van der Waals surface area contributed by atoms with Crippen LogP contribution in [0.3, 0.4) is 0 Å². The zero-order chi connectivity index (χ0) is 12.4. The molecule has 1 aromatic carbocycles. The number of aromatic nitrogens is 2. The number of nitrogens with two attached hydrogens (primary N) is 1. The summed E-state index contributed by atoms with van der Waals surface area (Å²) in [6.45, 7) is 1.95. The highest BCUT2D eigenvalue weighted by Gasteiger charge is 2.07. The number of nitrogens with one attached hydrogen (secondary N) is 1. The van der Waals surface area contributed by atoms with E-state index >= 15 is 0 Å². The second-order valence-corrected chi connectivity index (χ2v) is 4.39. The smallest absolute Gasteiger partial charge is 0.222 e. The topological polar surface area (TPSA) is 63.8 Å². The standard InChI is InChI=1S/C11H10BrFN4/c1-6-2-3-7(12)9(4-6)16-10-8(13)5-15-11(14)17-10/h2-5H,1H3,(H3,14,15,16,17). The summed E-state index contributed by atoms with van der Waals surface area (Å²) in [5.41, 5.74) is 7.19. The van der Waals surface area contributed by atoms with Gasteiger partial charge in [0.2, 0.25) is 5.95 Å². The molecule has 2 rings (SSSR count). The molecule has 6 heteroatoms. The Morgan fingerprint density at radius 3 is 2.94 bits per heavy atom. The van der Waals surface area contributed by atoms with E-state index in [4.69, 9.17) is 5.73 Å². The van der Waals surface area contributed by atoms with Gasteiger partial charge in [-0.2, -0.15) is 4.98 Å². The number of hydrogen-bond donors (Lipinski definition) is 2. The number of aryl methyl sites for hydroxylation is 1. The van der Waals surface area contributed by atoms with Crippen LogP contribution >= 0.6 is 15.9 Å². The molecule has 0 radical (unpaired) electrons. The average Bonchev–Trinajstić information content (AvgIpc) is 2.28. The van der Waals surface area contributed by atoms with Crippen LogP contribution in [-0.4, -0.2) is 9.97 Å². The second kappa shape index (κ2) is 4.67. The number of nitrogens with zero attached hydrogens (tertiary/aromatic N) is 2. The normalized spacial score (nSPS) is 10.3. The highest BCUT2D eigenvalue weighted by atomic mass is 79.9. The molecule has 3 N–H and O–H groups in total. The minimum atomic E-state index is -0.549. The van der Waals surface area contributed by atoms with Gasteiger partial charge in [0.1, 0.15) is 0 Å². The van der Waals surface area contributed by atoms with Crippen LogP contribution in [-0.2, 0) is 0 Å². The SMILES string of the molecule is Cc1ccc(Br)c(Nc2nc(N)ncc2F)c1. The van der Waals surface area contributed by atoms with Gasteiger partial charge in [0.25, 0.3) is 0 Å². The van der Waals surface area contributed by atoms with Gasteiger partial charge in [-0.1, -0.05) is 6.07 Å². The van der Waals surface area contributed by atoms with E-state index in [2.05, 4.69) is 31.2 Å². The maximum absolute atomic E-state index is 13.4. The molecule has 17 heavy (non-hydrogen) atoms. The van der Waals surface area contributed by atoms with Gasteiger partial charge in [0.05, 0.1) is 11.9 Å². The largest absolute Gasteiger partial charge is 0.368 e. The van der Waals surface area contributed by atoms with Gasteiger partial charge in [-0.25, -0.2) is 9.37 Å². The molecule has 0 aliphatic carbocycles. The van der Waals surface area contributed by atoms with Gasteiger partial charge in [-0.3, -0.25) is 0 Å². The Hall–Kier alpha value is -1.69. The summed E-state index contributed by atoms with van der Waals surface area (Å²) in [6.07, 6.45) is 1.04. The molecule has 0 spiro atoms. The third-order valence-electron chi connectivity index (χ3n) is 2.14. The van der Waals surface area contributed by atoms with Gasteiger partial charge in [-0.05, 0) is 40.5 Å². The highest BCUT2D eigenvalue weighted by molar-refractivity contribution is 9.10. The second-order valence-electron chi connectivity index (χ2n) is 3.53. The third-order valence-corrected chi connectivity index (χ3v) is 2.83. The van der Waals surface area contributed by atoms with Crippen LogP contribution < -0.4 is 11.1 Å². The lowest BCUT2D eigenvalue weighted by atomic mass is 10.2. The molecule has 0 saturated carbocycles. The number of anilines is 3. The lowest BCUT2D eigenvalue weighted by Crippen LogP contribution is -2.03. The Morgan fingerprint density at radius 1 is 1.41 bits per heavy atom. The molecule has 0 unspecified atom stereocenters. The van der Waals surface area contributed by atoms with E-state index in [9.17, 15) is 4.39 Å². The average molecular weight is 297 g/mol. The predicted octanol–water partition coefficient (Wildman–Crippen LogP) is 3.01. The Balaban J connectivity index is 2.37. The van der Waals surface area contributed by atoms with E-state index in [1.807, 2.05) is 25.1 Å². The monoisotopic (exact) mass is 296 g/mol. The maximum Gasteiger partial charge on any atom is 0.222 e. The van der Waals surface area contributed by atoms with E-state index in [1.165, 1.54) is 0 Å². The van der Waals surface area contributed by atoms with Crippen molar-refractivity contribution in [1.29, 1.82) is 0 Å². The van der Waals surface area contributed by atoms with Gasteiger partial charge in [0.15, 0.2) is 11.6 Å². The maximum atomic E-state index is 13.4. The third kappa shape index (κ3) is 2.71. The van der Waals surface area contributed by atoms with Crippen molar-refractivity contribution in [2.24, 2.45) is 0 Å². The molecule has 0 fully saturated rings. The lowest BCUT2D eigenvalue weighted by Gasteiger charge is -2.09. The van der Waals surface area contributed by atoms with Crippen LogP contribution in [0.4, 0.5) is 21.8 Å². The van der Waals surface area contributed by atoms with Crippen molar-refractivity contribution in [3.05, 3.63) is 40.2 Å². The number of hydrogen-bond acceptors (Lipinski definition) is 4. The summed E-state index contributed by atoms with van der Waals surface area (Å²) in [5, 5.41) is 2.87. The molecule has 1 heterocycles. The fourth-order valence-electron chi connectivity index (χ4n) is 1.33. The minimum absolute atomic E-state index is 0.0256. The summed E-state index contributed by atoms with van der Waals surface area (Å²) in [4.78, 5) is 7.36. The molecule has 0 atom stereocenters. The van der Waals surface area contributed by atoms with E-state index in [0.717, 1.165) is 21.9 Å². The number of benzene rings is 1. The summed E-state index contributed by atoms with van der Waals surface area (Å²) >= 11 is 3.37. The van der Waals surface area contributed by atoms with Gasteiger partial charge < -0.3 is 11.1 Å². The zero-order valence-corrected chi connectivity index (χ0v) is 10.6. The first-order valence-corrected chi connectivity index (χ1v) is 5.67. The minimum Gasteiger partial charge on any atom is -0.368 e. The van der Waals surface area contributed by atoms with E-state index < -0.39 is 5.82 Å². The molecule has 88 valence electrons. The van der Waals surface area contributed by atoms with E-state index in [1.54, 1.807) is 0 Å². The van der Waals surface area contributed by atoms with Crippen molar-refractivity contribution < 1.29 is 4.39 Å². The quantitative estimate of drug-likeness (QED) is 0.894. The van der Waals surface area contributed by atoms with Crippen molar-refractivity contribution in [3.8, 4) is 0 Å². The molecule has 0 amide bonds. The first-order valence-electron chi connectivity index (χ1n) is 4.87. The molecule has 0 aliphatic heterocycles. The molecule has 4 nitrogen and oxygen atoms in total. The van der Waals surface area contributed by atoms with Crippen LogP contribution in [0.5, 0.6) is 0 Å². The van der Waals surface area contributed by atoms with Crippen LogP contribution in [0.15, 0.2) is 28.9 Å². The molecule has 0 bridgehead atoms. The number of rotatable bonds is 2. The molecule has 0 saturated heterocycles. The van der Waals surface area contributed by atoms with Crippen molar-refractivity contribution >= 4 is 33.4 Å². The molecular weight excluding hydrogens is 287 g/mol. The van der Waals surface area contributed by atoms with E-state index in [0.29, 0.717) is 0 Å². The Labute approximate surface area is 106 Å². The zero-order valence-electron chi connectivity index (χ0n) is 9.04. The number of nitrogen functional groups attached to an aromatic ring is 1. The Bertz CT molecular complexity index is 510. The lowest BCUT2D eigenvalue weighted by molar-refractivity contribution is 0.620. The fraction of sp³-hybridized carbons (Fsp3) is 0.0909. The summed E-state index contributed by atoms with van der Waals surface area (Å²) < 4.78 is 14.2. The number of halogens is 2. The van der Waals surface area contributed by atoms with Gasteiger partial charge in [0, 0.05) is 4.47 Å². The summed E-state index contributed by atoms with van der Waals surface area (Å²) in [6, 6.07) is 5.70. The summed E-state index contributed by atoms with van der Waals surface area (Å²) in [5.74, 6) is -0.464. The van der Waals surface area contributed by atoms with Crippen molar-refractivity contribution in [3.63, 3.8) is 0 Å². The Morgan fingerprint density at radius 2 is 2.18 bits per heavy atom. The predicted molar refractivity (Wildman–Crippen MR) is 68.6 cm³/mol. The summed E-state index contributed by atoms with van der Waals surface area (Å²) in [7, 11) is 0. The highest BCUT2D eigenvalue weighted by Crippen LogP contribution is 2.27. The van der Waals surface area contributed by atoms with Crippen LogP contribution in [0, 0.1) is 12.7 Å². The molecule has 1 aromatic heterocycles. The van der Waals surface area contributed by atoms with Gasteiger partial charge >= 0.3 is 0 Å². The van der Waals surface area contributed by atoms with Crippen LogP contribution in [0.1, 0.15) is 5.56 Å². The fourth-order valence-corrected chi connectivity index (χ4v) is 1.68. The van der Waals surface area contributed by atoms with Crippen LogP contribution in [0.25, 0.3) is 0 Å². The van der Waals surface area contributed by atoms with Crippen LogP contribution in [0.2, 0.25) is 0 Å². The van der Waals surface area contributed by atoms with Crippen molar-refractivity contribution in [2.45, 2.75) is 6.92 Å². The van der Waals surface area contributed by atoms with Gasteiger partial charge in [-0.15, -0.1) is 0 Å². The Kier molecular flexibility index (Phi) is 3.23. The first kappa shape index (κ1) is 11.8. The first-order chi connectivity index (χ1) is 8.06. The van der Waals surface area contributed by atoms with Crippen molar-refractivity contribution in [1.82, 2.24) is 9.97 Å². The molecule has 2 aromatic rings. The molecule has 0 aliphatic rings.